The molecule has 0 aromatic carbocycles. The highest BCUT2D eigenvalue weighted by molar-refractivity contribution is 7.12. The number of hydrogen-bond donors (Lipinski definition) is 0. The van der Waals surface area contributed by atoms with Crippen molar-refractivity contribution >= 4 is 84.1 Å². The van der Waals surface area contributed by atoms with Gasteiger partial charge in [-0.2, -0.15) is 154 Å². The first-order chi connectivity index (χ1) is 58.7. The van der Waals surface area contributed by atoms with E-state index in [2.05, 4.69) is 41.9 Å². The van der Waals surface area contributed by atoms with Crippen molar-refractivity contribution in [3.63, 3.8) is 0 Å². The van der Waals surface area contributed by atoms with Gasteiger partial charge in [-0.15, -0.1) is 0 Å². The Bertz CT molecular complexity index is 2430. The third-order valence-electron chi connectivity index (χ3n) is 12.9. The first kappa shape index (κ1) is 138. The SMILES string of the molecule is CC(C)OB(OC(C)C)B(OC(C)C)OC(C)C.CC(F)(F)CCOB(OCCC(F)(F)F)B(OCCC(F)(F)F)OCCC(F)(F)F.CCOB(OCC)B(OCC(F)(F)F)OCC(F)(F)F.CCOB(OCC)B(OCC)OCC.COB(OC)B(OC)OC.FC(F)(F)C(F)(F)COB(OCC(F)(F)C(F)(F)F)B(OCC(F)(F)C(F)(F)F)OCC(F)(F)C(F)(F)F. The van der Waals surface area contributed by atoms with Crippen molar-refractivity contribution in [2.24, 2.45) is 0 Å². The minimum Gasteiger partial charge on any atom is -0.416 e. The highest BCUT2D eigenvalue weighted by Gasteiger charge is 2.65. The van der Waals surface area contributed by atoms with Crippen molar-refractivity contribution in [1.82, 2.24) is 0 Å². The minimum atomic E-state index is -6.63. The predicted octanol–water partition coefficient (Wildman–Crippen LogP) is 16.7. The quantitative estimate of drug-likeness (QED) is 0.0408. The normalized spacial score (nSPS) is 13.0. The zero-order valence-corrected chi connectivity index (χ0v) is 73.2. The molecule has 0 saturated heterocycles. The minimum absolute atomic E-state index is 0.00588. The molecule has 0 unspecified atom stereocenters. The molecule has 0 aliphatic heterocycles. The van der Waals surface area contributed by atoms with Gasteiger partial charge in [0.1, 0.15) is 39.6 Å². The van der Waals surface area contributed by atoms with E-state index < -0.39 is 261 Å². The van der Waals surface area contributed by atoms with Crippen molar-refractivity contribution in [3.05, 3.63) is 0 Å². The van der Waals surface area contributed by atoms with Crippen molar-refractivity contribution in [1.29, 1.82) is 0 Å². The molecule has 0 aromatic rings. The van der Waals surface area contributed by atoms with Gasteiger partial charge >= 0.3 is 163 Å². The predicted molar refractivity (Wildman–Crippen MR) is 395 cm³/mol. The number of hydrogen-bond acceptors (Lipinski definition) is 24. The molecule has 0 saturated carbocycles. The van der Waals surface area contributed by atoms with Crippen LogP contribution in [0.25, 0.3) is 0 Å². The van der Waals surface area contributed by atoms with E-state index >= 15 is 0 Å². The molecule has 24 nitrogen and oxygen atoms in total. The van der Waals surface area contributed by atoms with Gasteiger partial charge in [-0.3, -0.25) is 0 Å². The van der Waals surface area contributed by atoms with Gasteiger partial charge in [0.15, 0.2) is 0 Å². The largest absolute Gasteiger partial charge is 0.488 e. The fourth-order valence-corrected chi connectivity index (χ4v) is 7.31. The zero-order valence-electron chi connectivity index (χ0n) is 73.2. The Kier molecular flexibility index (Phi) is 70.0. The van der Waals surface area contributed by atoms with Gasteiger partial charge < -0.3 is 112 Å². The Labute approximate surface area is 730 Å². The summed E-state index contributed by atoms with van der Waals surface area (Å²) in [6.07, 6.45) is -55.4. The molecule has 0 aromatic heterocycles. The monoisotopic (exact) mass is 2000 g/mol. The van der Waals surface area contributed by atoms with Crippen LogP contribution in [0.3, 0.4) is 0 Å². The summed E-state index contributed by atoms with van der Waals surface area (Å²) < 4.78 is 574. The molecule has 0 aliphatic rings. The van der Waals surface area contributed by atoms with Crippen LogP contribution in [0.4, 0.5) is 162 Å². The van der Waals surface area contributed by atoms with Gasteiger partial charge in [0.05, 0.1) is 19.3 Å². The van der Waals surface area contributed by atoms with E-state index in [9.17, 15) is 162 Å². The molecule has 0 spiro atoms. The molecule has 0 heterocycles. The van der Waals surface area contributed by atoms with E-state index in [4.69, 9.17) is 69.8 Å². The van der Waals surface area contributed by atoms with Gasteiger partial charge in [0.25, 0.3) is 0 Å². The summed E-state index contributed by atoms with van der Waals surface area (Å²) in [7, 11) is -12.3. The Morgan fingerprint density at radius 1 is 0.192 bits per heavy atom. The molecule has 130 heavy (non-hydrogen) atoms. The van der Waals surface area contributed by atoms with Crippen LogP contribution in [-0.2, 0) is 112 Å². The lowest BCUT2D eigenvalue weighted by Gasteiger charge is -2.29. The first-order valence-corrected chi connectivity index (χ1v) is 37.7. The van der Waals surface area contributed by atoms with Crippen molar-refractivity contribution in [2.75, 3.05) is 134 Å². The first-order valence-electron chi connectivity index (χ1n) is 37.7. The Balaban J connectivity index is -0.000000373. The van der Waals surface area contributed by atoms with Crippen LogP contribution in [0.15, 0.2) is 0 Å². The molecule has 0 atom stereocenters. The second kappa shape index (κ2) is 66.0. The molecule has 768 valence electrons. The van der Waals surface area contributed by atoms with E-state index in [0.717, 1.165) is 0 Å². The molecule has 0 amide bonds. The molecule has 0 bridgehead atoms. The van der Waals surface area contributed by atoms with Gasteiger partial charge in [-0.1, -0.05) is 0 Å². The highest BCUT2D eigenvalue weighted by atomic mass is 19.5. The van der Waals surface area contributed by atoms with Gasteiger partial charge in [-0.25, -0.2) is 8.78 Å². The van der Waals surface area contributed by atoms with Crippen molar-refractivity contribution in [3.8, 4) is 0 Å². The molecule has 0 rings (SSSR count). The molecular formula is C57H101B12F37O24. The Hall–Kier alpha value is -2.77. The van der Waals surface area contributed by atoms with Crippen LogP contribution in [0.2, 0.25) is 0 Å². The molecular weight excluding hydrogens is 1900 g/mol. The van der Waals surface area contributed by atoms with Crippen LogP contribution < -0.4 is 0 Å². The standard InChI is InChI=1S/C13H19B2F11O4.C12H8B2F20O4.C12H28B2O4.C8H14B2F6O4.C8H20B2O4.C4H12B2O4/c1-10(16,17)2-6-27-14(28-7-3-11(18,19)20)15(29-8-4-12(21,22)23)30-9-5-13(24,25)26;15-5(16,9(23,24)25)1-35-13(36-2-6(17,18)10(26,27)28)14(37-3-7(19,20)11(29,30)31)38-4-8(21,22)12(32,33)34;1-9(2)15-13(16-10(3)4)14(17-11(5)6)18-12(7)8;1-3-17-9(18-4-2)10(19-5-7(11,12)13)20-6-8(14,15)16;1-5-11-9(12-6-2)10(13-7-3)14-8-4;1-7-5(8-2)6(9-3)10-4/h2-9H2,1H3;1-4H2;9-12H,1-8H3;3-6H2,1-2H3;5-8H2,1-4H3;1-4H3. The summed E-state index contributed by atoms with van der Waals surface area (Å²) in [5.74, 6) is -27.8. The van der Waals surface area contributed by atoms with Crippen LogP contribution in [0.1, 0.15) is 130 Å². The second-order valence-corrected chi connectivity index (χ2v) is 26.1. The average molecular weight is 2000 g/mol. The fraction of sp³-hybridized carbons (Fsp3) is 1.00. The number of alkyl halides is 37. The number of rotatable bonds is 59. The van der Waals surface area contributed by atoms with E-state index in [1.807, 2.05) is 83.1 Å². The van der Waals surface area contributed by atoms with Gasteiger partial charge in [-0.05, 0) is 104 Å². The summed E-state index contributed by atoms with van der Waals surface area (Å²) in [6.45, 7) is 8.44. The number of halogens is 37. The lowest BCUT2D eigenvalue weighted by Crippen LogP contribution is -2.55. The van der Waals surface area contributed by atoms with Crippen LogP contribution >= 0.6 is 0 Å². The summed E-state index contributed by atoms with van der Waals surface area (Å²) in [5.41, 5.74) is 0. The lowest BCUT2D eigenvalue weighted by molar-refractivity contribution is -0.297. The molecule has 73 heteroatoms. The summed E-state index contributed by atoms with van der Waals surface area (Å²) in [5, 5.41) is 0. The topological polar surface area (TPSA) is 222 Å². The molecule has 0 aliphatic carbocycles. The maximum Gasteiger partial charge on any atom is 0.488 e. The zero-order chi connectivity index (χ0) is 103. The van der Waals surface area contributed by atoms with Crippen LogP contribution in [-0.4, -0.2) is 328 Å². The summed E-state index contributed by atoms with van der Waals surface area (Å²) >= 11 is 0. The summed E-state index contributed by atoms with van der Waals surface area (Å²) in [4.78, 5) is 0. The van der Waals surface area contributed by atoms with E-state index in [1.165, 1.54) is 42.3 Å². The average Bonchev–Trinajstić information content (AvgIpc) is 0.802. The second-order valence-electron chi connectivity index (χ2n) is 26.1. The van der Waals surface area contributed by atoms with E-state index in [0.29, 0.717) is 33.4 Å². The third kappa shape index (κ3) is 72.5. The Morgan fingerprint density at radius 3 is 0.477 bits per heavy atom. The van der Waals surface area contributed by atoms with Gasteiger partial charge in [0, 0.05) is 125 Å². The van der Waals surface area contributed by atoms with Crippen LogP contribution in [0.5, 0.6) is 0 Å². The van der Waals surface area contributed by atoms with E-state index in [-0.39, 0.29) is 37.6 Å². The Morgan fingerprint density at radius 2 is 0.346 bits per heavy atom. The fourth-order valence-electron chi connectivity index (χ4n) is 7.31. The molecule has 0 fully saturated rings. The maximum absolute atomic E-state index is 13.0. The smallest absolute Gasteiger partial charge is 0.416 e. The van der Waals surface area contributed by atoms with Gasteiger partial charge in [0.2, 0.25) is 5.92 Å². The maximum atomic E-state index is 13.0. The molecule has 0 radical (unpaired) electrons. The van der Waals surface area contributed by atoms with Crippen LogP contribution in [0, 0.1) is 0 Å². The summed E-state index contributed by atoms with van der Waals surface area (Å²) in [6, 6.07) is 0. The molecule has 0 N–H and O–H groups in total. The lowest BCUT2D eigenvalue weighted by atomic mass is 9.48. The van der Waals surface area contributed by atoms with E-state index in [1.54, 1.807) is 0 Å². The van der Waals surface area contributed by atoms with Crippen molar-refractivity contribution < 1.29 is 274 Å². The van der Waals surface area contributed by atoms with Crippen molar-refractivity contribution in [2.45, 2.75) is 239 Å². The third-order valence-corrected chi connectivity index (χ3v) is 12.9. The highest BCUT2D eigenvalue weighted by Crippen LogP contribution is 2.41.